The van der Waals surface area contributed by atoms with Crippen LogP contribution in [0, 0.1) is 0 Å². The Labute approximate surface area is 153 Å². The smallest absolute Gasteiger partial charge is 0.238 e. The zero-order chi connectivity index (χ0) is 17.8. The van der Waals surface area contributed by atoms with Crippen LogP contribution in [0.25, 0.3) is 16.5 Å². The molecule has 1 aromatic heterocycles. The summed E-state index contributed by atoms with van der Waals surface area (Å²) in [5.41, 5.74) is 4.35. The molecule has 4 rings (SSSR count). The second kappa shape index (κ2) is 7.50. The number of benzene rings is 2. The minimum Gasteiger partial charge on any atom is -0.324 e. The summed E-state index contributed by atoms with van der Waals surface area (Å²) in [5, 5.41) is 4.00. The Morgan fingerprint density at radius 1 is 1.04 bits per heavy atom. The number of nitrogens with zero attached hydrogens (tertiary/aromatic N) is 2. The summed E-state index contributed by atoms with van der Waals surface area (Å²) in [5.74, 6) is 0.0120. The van der Waals surface area contributed by atoms with Crippen molar-refractivity contribution in [2.24, 2.45) is 0 Å². The third-order valence-corrected chi connectivity index (χ3v) is 4.72. The number of fused-ring (bicyclic) bond motifs is 1. The third-order valence-electron chi connectivity index (χ3n) is 4.72. The molecule has 0 saturated heterocycles. The molecule has 0 radical (unpaired) electrons. The molecule has 0 spiro atoms. The molecule has 0 atom stereocenters. The number of anilines is 1. The highest BCUT2D eigenvalue weighted by Crippen LogP contribution is 2.23. The highest BCUT2D eigenvalue weighted by molar-refractivity contribution is 6.01. The number of rotatable bonds is 4. The molecule has 0 unspecified atom stereocenters. The van der Waals surface area contributed by atoms with Gasteiger partial charge in [0.25, 0.3) is 0 Å². The number of carbonyl (C=O) groups is 1. The maximum Gasteiger partial charge on any atom is 0.238 e. The summed E-state index contributed by atoms with van der Waals surface area (Å²) in [6.45, 7) is 2.09. The lowest BCUT2D eigenvalue weighted by molar-refractivity contribution is -0.117. The normalized spacial score (nSPS) is 14.8. The molecule has 130 valence electrons. The maximum absolute atomic E-state index is 12.5. The average Bonchev–Trinajstić information content (AvgIpc) is 2.69. The van der Waals surface area contributed by atoms with E-state index < -0.39 is 0 Å². The topological polar surface area (TPSA) is 45.2 Å². The van der Waals surface area contributed by atoms with Crippen LogP contribution in [0.1, 0.15) is 12.0 Å². The van der Waals surface area contributed by atoms with Gasteiger partial charge in [0, 0.05) is 24.7 Å². The van der Waals surface area contributed by atoms with Crippen LogP contribution in [0.5, 0.6) is 0 Å². The summed E-state index contributed by atoms with van der Waals surface area (Å²) in [4.78, 5) is 19.0. The fourth-order valence-corrected chi connectivity index (χ4v) is 3.37. The van der Waals surface area contributed by atoms with E-state index in [0.29, 0.717) is 6.54 Å². The second-order valence-electron chi connectivity index (χ2n) is 6.50. The van der Waals surface area contributed by atoms with Crippen LogP contribution in [0.2, 0.25) is 0 Å². The molecule has 4 heteroatoms. The number of pyridine rings is 1. The maximum atomic E-state index is 12.5. The lowest BCUT2D eigenvalue weighted by Gasteiger charge is -2.26. The summed E-state index contributed by atoms with van der Waals surface area (Å²) in [6, 6.07) is 20.1. The highest BCUT2D eigenvalue weighted by atomic mass is 16.2. The first-order valence-electron chi connectivity index (χ1n) is 8.90. The van der Waals surface area contributed by atoms with Crippen molar-refractivity contribution in [2.75, 3.05) is 25.0 Å². The van der Waals surface area contributed by atoms with Crippen molar-refractivity contribution in [3.05, 3.63) is 78.5 Å². The molecule has 1 aliphatic rings. The molecular formula is C22H21N3O. The molecule has 1 amide bonds. The largest absolute Gasteiger partial charge is 0.324 e. The summed E-state index contributed by atoms with van der Waals surface area (Å²) >= 11 is 0. The van der Waals surface area contributed by atoms with Crippen molar-refractivity contribution in [2.45, 2.75) is 6.42 Å². The van der Waals surface area contributed by atoms with E-state index >= 15 is 0 Å². The molecule has 0 saturated carbocycles. The standard InChI is InChI=1S/C22H21N3O/c26-22(24-21-10-4-9-20-19(21)8-5-13-23-20)16-25-14-11-18(12-15-25)17-6-2-1-3-7-17/h1-11,13H,12,14-16H2,(H,24,26). The number of carbonyl (C=O) groups excluding carboxylic acids is 1. The van der Waals surface area contributed by atoms with Gasteiger partial charge in [-0.1, -0.05) is 42.5 Å². The number of nitrogens with one attached hydrogen (secondary N) is 1. The molecule has 1 N–H and O–H groups in total. The van der Waals surface area contributed by atoms with Crippen LogP contribution in [-0.4, -0.2) is 35.4 Å². The number of hydrogen-bond acceptors (Lipinski definition) is 3. The van der Waals surface area contributed by atoms with Gasteiger partial charge < -0.3 is 5.32 Å². The molecule has 2 heterocycles. The SMILES string of the molecule is O=C(CN1CC=C(c2ccccc2)CC1)Nc1cccc2ncccc12. The average molecular weight is 343 g/mol. The minimum absolute atomic E-state index is 0.0120. The van der Waals surface area contributed by atoms with Gasteiger partial charge in [0.1, 0.15) is 0 Å². The molecular weight excluding hydrogens is 322 g/mol. The molecule has 0 aliphatic carbocycles. The molecule has 3 aromatic rings. The van der Waals surface area contributed by atoms with Crippen LogP contribution in [0.4, 0.5) is 5.69 Å². The fourth-order valence-electron chi connectivity index (χ4n) is 3.37. The van der Waals surface area contributed by atoms with Crippen molar-refractivity contribution in [1.29, 1.82) is 0 Å². The third kappa shape index (κ3) is 3.65. The molecule has 1 aliphatic heterocycles. The van der Waals surface area contributed by atoms with Crippen molar-refractivity contribution < 1.29 is 4.79 Å². The van der Waals surface area contributed by atoms with E-state index in [0.717, 1.165) is 36.1 Å². The van der Waals surface area contributed by atoms with E-state index in [9.17, 15) is 4.79 Å². The van der Waals surface area contributed by atoms with E-state index in [2.05, 4.69) is 45.5 Å². The van der Waals surface area contributed by atoms with Crippen LogP contribution in [-0.2, 0) is 4.79 Å². The Morgan fingerprint density at radius 2 is 1.92 bits per heavy atom. The Morgan fingerprint density at radius 3 is 2.73 bits per heavy atom. The fraction of sp³-hybridized carbons (Fsp3) is 0.182. The molecule has 26 heavy (non-hydrogen) atoms. The van der Waals surface area contributed by atoms with Crippen LogP contribution in [0.15, 0.2) is 72.9 Å². The predicted molar refractivity (Wildman–Crippen MR) is 106 cm³/mol. The van der Waals surface area contributed by atoms with Crippen LogP contribution in [0.3, 0.4) is 0 Å². The Hall–Kier alpha value is -2.98. The molecule has 4 nitrogen and oxygen atoms in total. The number of amides is 1. The molecule has 0 bridgehead atoms. The lowest BCUT2D eigenvalue weighted by Crippen LogP contribution is -2.36. The van der Waals surface area contributed by atoms with Gasteiger partial charge in [-0.2, -0.15) is 0 Å². The summed E-state index contributed by atoms with van der Waals surface area (Å²) in [7, 11) is 0. The Kier molecular flexibility index (Phi) is 4.75. The van der Waals surface area contributed by atoms with Gasteiger partial charge in [-0.05, 0) is 41.8 Å². The second-order valence-corrected chi connectivity index (χ2v) is 6.50. The van der Waals surface area contributed by atoms with Gasteiger partial charge >= 0.3 is 0 Å². The first-order chi connectivity index (χ1) is 12.8. The van der Waals surface area contributed by atoms with Crippen molar-refractivity contribution in [1.82, 2.24) is 9.88 Å². The van der Waals surface area contributed by atoms with Gasteiger partial charge in [-0.15, -0.1) is 0 Å². The Balaban J connectivity index is 1.39. The lowest BCUT2D eigenvalue weighted by atomic mass is 10.00. The predicted octanol–water partition coefficient (Wildman–Crippen LogP) is 3.96. The van der Waals surface area contributed by atoms with Crippen molar-refractivity contribution in [3.8, 4) is 0 Å². The van der Waals surface area contributed by atoms with Crippen molar-refractivity contribution in [3.63, 3.8) is 0 Å². The first-order valence-corrected chi connectivity index (χ1v) is 8.90. The molecule has 0 fully saturated rings. The van der Waals surface area contributed by atoms with Crippen LogP contribution < -0.4 is 5.32 Å². The quantitative estimate of drug-likeness (QED) is 0.780. The van der Waals surface area contributed by atoms with Crippen molar-refractivity contribution >= 4 is 28.1 Å². The highest BCUT2D eigenvalue weighted by Gasteiger charge is 2.16. The number of hydrogen-bond donors (Lipinski definition) is 1. The van der Waals surface area contributed by atoms with E-state index in [-0.39, 0.29) is 5.91 Å². The van der Waals surface area contributed by atoms with E-state index in [1.807, 2.05) is 36.4 Å². The zero-order valence-corrected chi connectivity index (χ0v) is 14.6. The number of aromatic nitrogens is 1. The van der Waals surface area contributed by atoms with Gasteiger partial charge in [-0.3, -0.25) is 14.7 Å². The van der Waals surface area contributed by atoms with Gasteiger partial charge in [0.05, 0.1) is 17.7 Å². The molecule has 2 aromatic carbocycles. The minimum atomic E-state index is 0.0120. The zero-order valence-electron chi connectivity index (χ0n) is 14.6. The van der Waals surface area contributed by atoms with E-state index in [1.54, 1.807) is 6.20 Å². The monoisotopic (exact) mass is 343 g/mol. The summed E-state index contributed by atoms with van der Waals surface area (Å²) in [6.07, 6.45) is 4.96. The van der Waals surface area contributed by atoms with Gasteiger partial charge in [-0.25, -0.2) is 0 Å². The summed E-state index contributed by atoms with van der Waals surface area (Å²) < 4.78 is 0. The van der Waals surface area contributed by atoms with E-state index in [1.165, 1.54) is 11.1 Å². The van der Waals surface area contributed by atoms with Gasteiger partial charge in [0.15, 0.2) is 0 Å². The van der Waals surface area contributed by atoms with Crippen LogP contribution >= 0.6 is 0 Å². The Bertz CT molecular complexity index is 945. The van der Waals surface area contributed by atoms with Gasteiger partial charge in [0.2, 0.25) is 5.91 Å². The van der Waals surface area contributed by atoms with E-state index in [4.69, 9.17) is 0 Å². The first kappa shape index (κ1) is 16.5.